The predicted octanol–water partition coefficient (Wildman–Crippen LogP) is 3.00. The number of halogens is 1. The van der Waals surface area contributed by atoms with Gasteiger partial charge in [-0.25, -0.2) is 0 Å². The van der Waals surface area contributed by atoms with E-state index in [0.29, 0.717) is 10.4 Å². The molecular formula is C14H18BrNO2. The van der Waals surface area contributed by atoms with E-state index in [1.54, 1.807) is 7.11 Å². The third-order valence-electron chi connectivity index (χ3n) is 3.37. The normalized spacial score (nSPS) is 16.7. The van der Waals surface area contributed by atoms with Gasteiger partial charge in [0.05, 0.1) is 7.11 Å². The van der Waals surface area contributed by atoms with Gasteiger partial charge in [0, 0.05) is 23.5 Å². The van der Waals surface area contributed by atoms with Crippen LogP contribution in [0.3, 0.4) is 0 Å². The lowest BCUT2D eigenvalue weighted by molar-refractivity contribution is 0.0728. The van der Waals surface area contributed by atoms with Gasteiger partial charge >= 0.3 is 0 Å². The van der Waals surface area contributed by atoms with Gasteiger partial charge in [-0.05, 0) is 37.5 Å². The molecule has 1 amide bonds. The number of methoxy groups -OCH3 is 1. The van der Waals surface area contributed by atoms with Crippen molar-refractivity contribution >= 4 is 21.8 Å². The van der Waals surface area contributed by atoms with Gasteiger partial charge in [-0.2, -0.15) is 0 Å². The third-order valence-corrected chi connectivity index (χ3v) is 4.28. The lowest BCUT2D eigenvalue weighted by Gasteiger charge is -2.29. The van der Waals surface area contributed by atoms with Crippen molar-refractivity contribution in [2.24, 2.45) is 0 Å². The molecule has 0 bridgehead atoms. The Bertz CT molecular complexity index is 439. The molecule has 18 heavy (non-hydrogen) atoms. The zero-order valence-corrected chi connectivity index (χ0v) is 12.4. The van der Waals surface area contributed by atoms with Crippen molar-refractivity contribution in [1.82, 2.24) is 4.90 Å². The van der Waals surface area contributed by atoms with E-state index in [1.165, 1.54) is 0 Å². The maximum atomic E-state index is 12.3. The Labute approximate surface area is 116 Å². The van der Waals surface area contributed by atoms with E-state index in [-0.39, 0.29) is 5.91 Å². The van der Waals surface area contributed by atoms with Gasteiger partial charge < -0.3 is 9.64 Å². The first-order chi connectivity index (χ1) is 8.61. The van der Waals surface area contributed by atoms with E-state index in [9.17, 15) is 4.79 Å². The Balaban J connectivity index is 2.13. The molecule has 1 heterocycles. The van der Waals surface area contributed by atoms with Crippen molar-refractivity contribution in [3.8, 4) is 5.75 Å². The maximum absolute atomic E-state index is 12.3. The third kappa shape index (κ3) is 2.86. The maximum Gasteiger partial charge on any atom is 0.253 e. The van der Waals surface area contributed by atoms with Crippen LogP contribution in [0.2, 0.25) is 0 Å². The SMILES string of the molecule is COc1cc(C(=O)N2CCC(Br)CC2)ccc1C. The summed E-state index contributed by atoms with van der Waals surface area (Å²) in [6.07, 6.45) is 2.05. The molecule has 0 N–H and O–H groups in total. The van der Waals surface area contributed by atoms with Crippen LogP contribution in [0.15, 0.2) is 18.2 Å². The molecule has 0 atom stereocenters. The molecule has 1 aromatic carbocycles. The highest BCUT2D eigenvalue weighted by Gasteiger charge is 2.22. The molecule has 0 aromatic heterocycles. The second-order valence-electron chi connectivity index (χ2n) is 4.65. The Hall–Kier alpha value is -1.03. The monoisotopic (exact) mass is 311 g/mol. The highest BCUT2D eigenvalue weighted by atomic mass is 79.9. The quantitative estimate of drug-likeness (QED) is 0.786. The highest BCUT2D eigenvalue weighted by Crippen LogP contribution is 2.22. The number of alkyl halides is 1. The van der Waals surface area contributed by atoms with Crippen LogP contribution in [0.5, 0.6) is 5.75 Å². The molecule has 1 saturated heterocycles. The van der Waals surface area contributed by atoms with Crippen molar-refractivity contribution in [1.29, 1.82) is 0 Å². The van der Waals surface area contributed by atoms with Crippen molar-refractivity contribution in [2.75, 3.05) is 20.2 Å². The molecule has 1 aliphatic rings. The van der Waals surface area contributed by atoms with Gasteiger partial charge in [-0.1, -0.05) is 22.0 Å². The number of ether oxygens (including phenoxy) is 1. The Kier molecular flexibility index (Phi) is 4.27. The molecule has 98 valence electrons. The molecule has 1 aromatic rings. The predicted molar refractivity (Wildman–Crippen MR) is 75.6 cm³/mol. The average molecular weight is 312 g/mol. The summed E-state index contributed by atoms with van der Waals surface area (Å²) in [6.45, 7) is 3.62. The minimum atomic E-state index is 0.104. The van der Waals surface area contributed by atoms with Crippen LogP contribution in [0.4, 0.5) is 0 Å². The minimum absolute atomic E-state index is 0.104. The zero-order valence-electron chi connectivity index (χ0n) is 10.8. The summed E-state index contributed by atoms with van der Waals surface area (Å²) in [6, 6.07) is 5.64. The van der Waals surface area contributed by atoms with E-state index in [0.717, 1.165) is 37.2 Å². The molecule has 3 nitrogen and oxygen atoms in total. The van der Waals surface area contributed by atoms with Crippen molar-refractivity contribution < 1.29 is 9.53 Å². The summed E-state index contributed by atoms with van der Waals surface area (Å²) < 4.78 is 5.26. The van der Waals surface area contributed by atoms with E-state index < -0.39 is 0 Å². The number of hydrogen-bond acceptors (Lipinski definition) is 2. The summed E-state index contributed by atoms with van der Waals surface area (Å²) in [5.41, 5.74) is 1.76. The lowest BCUT2D eigenvalue weighted by atomic mass is 10.1. The summed E-state index contributed by atoms with van der Waals surface area (Å²) in [7, 11) is 1.63. The van der Waals surface area contributed by atoms with E-state index in [1.807, 2.05) is 30.0 Å². The van der Waals surface area contributed by atoms with Crippen LogP contribution in [0, 0.1) is 6.92 Å². The van der Waals surface area contributed by atoms with Crippen LogP contribution < -0.4 is 4.74 Å². The summed E-state index contributed by atoms with van der Waals surface area (Å²) in [5.74, 6) is 0.879. The van der Waals surface area contributed by atoms with Crippen LogP contribution in [-0.2, 0) is 0 Å². The number of likely N-dealkylation sites (tertiary alicyclic amines) is 1. The number of carbonyl (C=O) groups is 1. The highest BCUT2D eigenvalue weighted by molar-refractivity contribution is 9.09. The van der Waals surface area contributed by atoms with Gasteiger partial charge in [-0.3, -0.25) is 4.79 Å². The minimum Gasteiger partial charge on any atom is -0.496 e. The average Bonchev–Trinajstić information content (AvgIpc) is 2.39. The number of carbonyl (C=O) groups excluding carboxylic acids is 1. The molecular weight excluding hydrogens is 294 g/mol. The number of aryl methyl sites for hydroxylation is 1. The largest absolute Gasteiger partial charge is 0.496 e. The van der Waals surface area contributed by atoms with Gasteiger partial charge in [0.2, 0.25) is 0 Å². The standard InChI is InChI=1S/C14H18BrNO2/c1-10-3-4-11(9-13(10)18-2)14(17)16-7-5-12(15)6-8-16/h3-4,9,12H,5-8H2,1-2H3. The van der Waals surface area contributed by atoms with Crippen LogP contribution >= 0.6 is 15.9 Å². The van der Waals surface area contributed by atoms with E-state index in [2.05, 4.69) is 15.9 Å². The smallest absolute Gasteiger partial charge is 0.253 e. The number of amides is 1. The number of hydrogen-bond donors (Lipinski definition) is 0. The van der Waals surface area contributed by atoms with Gasteiger partial charge in [0.15, 0.2) is 0 Å². The first-order valence-electron chi connectivity index (χ1n) is 6.20. The molecule has 4 heteroatoms. The zero-order chi connectivity index (χ0) is 13.1. The molecule has 0 spiro atoms. The first-order valence-corrected chi connectivity index (χ1v) is 7.11. The molecule has 0 saturated carbocycles. The second kappa shape index (κ2) is 5.74. The Morgan fingerprint density at radius 2 is 2.06 bits per heavy atom. The van der Waals surface area contributed by atoms with Gasteiger partial charge in [0.1, 0.15) is 5.75 Å². The fourth-order valence-electron chi connectivity index (χ4n) is 2.19. The summed E-state index contributed by atoms with van der Waals surface area (Å²) in [4.78, 5) is 14.8. The fraction of sp³-hybridized carbons (Fsp3) is 0.500. The van der Waals surface area contributed by atoms with Gasteiger partial charge in [0.25, 0.3) is 5.91 Å². The van der Waals surface area contributed by atoms with Gasteiger partial charge in [-0.15, -0.1) is 0 Å². The molecule has 0 radical (unpaired) electrons. The first kappa shape index (κ1) is 13.4. The van der Waals surface area contributed by atoms with E-state index >= 15 is 0 Å². The van der Waals surface area contributed by atoms with Crippen LogP contribution in [0.1, 0.15) is 28.8 Å². The van der Waals surface area contributed by atoms with Crippen LogP contribution in [0.25, 0.3) is 0 Å². The molecule has 1 fully saturated rings. The Morgan fingerprint density at radius 3 is 2.67 bits per heavy atom. The van der Waals surface area contributed by atoms with E-state index in [4.69, 9.17) is 4.74 Å². The van der Waals surface area contributed by atoms with Crippen LogP contribution in [-0.4, -0.2) is 35.8 Å². The number of benzene rings is 1. The topological polar surface area (TPSA) is 29.5 Å². The van der Waals surface area contributed by atoms with Crippen molar-refractivity contribution in [3.05, 3.63) is 29.3 Å². The summed E-state index contributed by atoms with van der Waals surface area (Å²) in [5, 5.41) is 0. The lowest BCUT2D eigenvalue weighted by Crippen LogP contribution is -2.38. The van der Waals surface area contributed by atoms with Crippen molar-refractivity contribution in [3.63, 3.8) is 0 Å². The molecule has 0 unspecified atom stereocenters. The molecule has 0 aliphatic carbocycles. The fourth-order valence-corrected chi connectivity index (χ4v) is 2.60. The Morgan fingerprint density at radius 1 is 1.39 bits per heavy atom. The number of rotatable bonds is 2. The number of piperidine rings is 1. The molecule has 1 aliphatic heterocycles. The summed E-state index contributed by atoms with van der Waals surface area (Å²) >= 11 is 3.60. The molecule has 2 rings (SSSR count). The number of nitrogens with zero attached hydrogens (tertiary/aromatic N) is 1. The van der Waals surface area contributed by atoms with Crippen molar-refractivity contribution in [2.45, 2.75) is 24.6 Å². The second-order valence-corrected chi connectivity index (χ2v) is 5.95.